The molecule has 0 aliphatic carbocycles. The van der Waals surface area contributed by atoms with Gasteiger partial charge in [-0.3, -0.25) is 0 Å². The molecule has 1 aliphatic heterocycles. The lowest BCUT2D eigenvalue weighted by atomic mass is 10.1. The van der Waals surface area contributed by atoms with Crippen LogP contribution in [-0.2, 0) is 9.47 Å². The van der Waals surface area contributed by atoms with Crippen LogP contribution in [0.15, 0.2) is 12.2 Å². The Morgan fingerprint density at radius 2 is 2.19 bits per heavy atom. The van der Waals surface area contributed by atoms with Gasteiger partial charge in [0, 0.05) is 19.1 Å². The monoisotopic (exact) mass is 298 g/mol. The molecule has 0 bridgehead atoms. The molecule has 1 saturated heterocycles. The summed E-state index contributed by atoms with van der Waals surface area (Å²) in [7, 11) is 0. The van der Waals surface area contributed by atoms with Crippen LogP contribution < -0.4 is 5.32 Å². The van der Waals surface area contributed by atoms with Gasteiger partial charge in [0.05, 0.1) is 19.3 Å². The minimum absolute atomic E-state index is 0.0567. The minimum atomic E-state index is -0.468. The zero-order chi connectivity index (χ0) is 16.0. The van der Waals surface area contributed by atoms with E-state index in [4.69, 9.17) is 9.47 Å². The van der Waals surface area contributed by atoms with E-state index in [9.17, 15) is 4.79 Å². The summed E-state index contributed by atoms with van der Waals surface area (Å²) in [5.74, 6) is 0. The van der Waals surface area contributed by atoms with Crippen LogP contribution in [0.2, 0.25) is 0 Å². The third-order valence-electron chi connectivity index (χ3n) is 3.23. The zero-order valence-corrected chi connectivity index (χ0v) is 14.1. The van der Waals surface area contributed by atoms with Gasteiger partial charge in [0.25, 0.3) is 0 Å². The minimum Gasteiger partial charge on any atom is -0.444 e. The summed E-state index contributed by atoms with van der Waals surface area (Å²) in [6.07, 6.45) is 0.592. The predicted molar refractivity (Wildman–Crippen MR) is 84.4 cm³/mol. The SMILES string of the molecule is C=C(C)CNC(C)CC1COCCN1C(=O)OC(C)(C)C. The molecule has 1 N–H and O–H groups in total. The molecule has 5 nitrogen and oxygen atoms in total. The van der Waals surface area contributed by atoms with E-state index in [1.165, 1.54) is 0 Å². The predicted octanol–water partition coefficient (Wildman–Crippen LogP) is 2.57. The largest absolute Gasteiger partial charge is 0.444 e. The molecule has 122 valence electrons. The van der Waals surface area contributed by atoms with Crippen molar-refractivity contribution in [2.24, 2.45) is 0 Å². The lowest BCUT2D eigenvalue weighted by Crippen LogP contribution is -2.52. The molecule has 0 radical (unpaired) electrons. The van der Waals surface area contributed by atoms with Gasteiger partial charge in [0.1, 0.15) is 5.60 Å². The van der Waals surface area contributed by atoms with Gasteiger partial charge >= 0.3 is 6.09 Å². The topological polar surface area (TPSA) is 50.8 Å². The van der Waals surface area contributed by atoms with Gasteiger partial charge in [-0.15, -0.1) is 0 Å². The average Bonchev–Trinajstić information content (AvgIpc) is 2.35. The van der Waals surface area contributed by atoms with Crippen LogP contribution in [0.4, 0.5) is 4.79 Å². The fraction of sp³-hybridized carbons (Fsp3) is 0.812. The molecule has 0 saturated carbocycles. The van der Waals surface area contributed by atoms with Crippen molar-refractivity contribution < 1.29 is 14.3 Å². The van der Waals surface area contributed by atoms with E-state index < -0.39 is 5.60 Å². The standard InChI is InChI=1S/C16H30N2O3/c1-12(2)10-17-13(3)9-14-11-20-8-7-18(14)15(19)21-16(4,5)6/h13-14,17H,1,7-11H2,2-6H3. The number of hydrogen-bond donors (Lipinski definition) is 1. The average molecular weight is 298 g/mol. The van der Waals surface area contributed by atoms with Gasteiger partial charge in [0.15, 0.2) is 0 Å². The summed E-state index contributed by atoms with van der Waals surface area (Å²) in [5, 5.41) is 3.40. The molecular weight excluding hydrogens is 268 g/mol. The third kappa shape index (κ3) is 6.96. The Morgan fingerprint density at radius 3 is 2.76 bits per heavy atom. The number of ether oxygens (including phenoxy) is 2. The van der Waals surface area contributed by atoms with Crippen LogP contribution in [0, 0.1) is 0 Å². The van der Waals surface area contributed by atoms with E-state index in [-0.39, 0.29) is 12.1 Å². The Morgan fingerprint density at radius 1 is 1.52 bits per heavy atom. The molecule has 1 heterocycles. The molecule has 2 unspecified atom stereocenters. The summed E-state index contributed by atoms with van der Waals surface area (Å²) in [4.78, 5) is 14.1. The van der Waals surface area contributed by atoms with Gasteiger partial charge in [-0.25, -0.2) is 4.79 Å². The van der Waals surface area contributed by atoms with Crippen molar-refractivity contribution in [2.75, 3.05) is 26.3 Å². The molecular formula is C16H30N2O3. The quantitative estimate of drug-likeness (QED) is 0.793. The van der Waals surface area contributed by atoms with E-state index in [1.807, 2.05) is 27.7 Å². The highest BCUT2D eigenvalue weighted by Crippen LogP contribution is 2.17. The molecule has 0 aromatic heterocycles. The molecule has 2 atom stereocenters. The van der Waals surface area contributed by atoms with E-state index in [0.717, 1.165) is 18.5 Å². The summed E-state index contributed by atoms with van der Waals surface area (Å²) < 4.78 is 11.0. The molecule has 5 heteroatoms. The van der Waals surface area contributed by atoms with Crippen molar-refractivity contribution in [3.63, 3.8) is 0 Å². The summed E-state index contributed by atoms with van der Waals surface area (Å²) in [6, 6.07) is 0.347. The number of carbonyl (C=O) groups excluding carboxylic acids is 1. The van der Waals surface area contributed by atoms with Crippen molar-refractivity contribution >= 4 is 6.09 Å². The highest BCUT2D eigenvalue weighted by atomic mass is 16.6. The second-order valence-corrected chi connectivity index (χ2v) is 6.88. The zero-order valence-electron chi connectivity index (χ0n) is 14.1. The van der Waals surface area contributed by atoms with Crippen LogP contribution in [0.3, 0.4) is 0 Å². The van der Waals surface area contributed by atoms with Crippen LogP contribution >= 0.6 is 0 Å². The van der Waals surface area contributed by atoms with Crippen LogP contribution in [0.25, 0.3) is 0 Å². The number of amides is 1. The Hall–Kier alpha value is -1.07. The molecule has 1 amide bonds. The first-order chi connectivity index (χ1) is 9.69. The molecule has 21 heavy (non-hydrogen) atoms. The van der Waals surface area contributed by atoms with Gasteiger partial charge < -0.3 is 19.7 Å². The normalized spacial score (nSPS) is 21.0. The van der Waals surface area contributed by atoms with Crippen molar-refractivity contribution in [2.45, 2.75) is 58.7 Å². The van der Waals surface area contributed by atoms with Crippen molar-refractivity contribution in [1.29, 1.82) is 0 Å². The first-order valence-corrected chi connectivity index (χ1v) is 7.64. The number of rotatable bonds is 5. The smallest absolute Gasteiger partial charge is 0.410 e. The second kappa shape index (κ2) is 7.80. The van der Waals surface area contributed by atoms with Crippen molar-refractivity contribution in [3.05, 3.63) is 12.2 Å². The fourth-order valence-corrected chi connectivity index (χ4v) is 2.25. The summed E-state index contributed by atoms with van der Waals surface area (Å²) in [6.45, 7) is 16.2. The lowest BCUT2D eigenvalue weighted by Gasteiger charge is -2.37. The number of nitrogens with zero attached hydrogens (tertiary/aromatic N) is 1. The van der Waals surface area contributed by atoms with E-state index in [2.05, 4.69) is 18.8 Å². The van der Waals surface area contributed by atoms with Crippen LogP contribution in [0.5, 0.6) is 0 Å². The van der Waals surface area contributed by atoms with E-state index in [1.54, 1.807) is 4.90 Å². The van der Waals surface area contributed by atoms with E-state index in [0.29, 0.717) is 25.8 Å². The molecule has 1 rings (SSSR count). The Balaban J connectivity index is 2.56. The third-order valence-corrected chi connectivity index (χ3v) is 3.23. The van der Waals surface area contributed by atoms with Crippen LogP contribution in [0.1, 0.15) is 41.0 Å². The molecule has 1 aliphatic rings. The summed E-state index contributed by atoms with van der Waals surface area (Å²) in [5.41, 5.74) is 0.634. The number of morpholine rings is 1. The van der Waals surface area contributed by atoms with E-state index >= 15 is 0 Å². The highest BCUT2D eigenvalue weighted by molar-refractivity contribution is 5.68. The maximum Gasteiger partial charge on any atom is 0.410 e. The highest BCUT2D eigenvalue weighted by Gasteiger charge is 2.31. The Labute approximate surface area is 128 Å². The number of nitrogens with one attached hydrogen (secondary N) is 1. The maximum atomic E-state index is 12.3. The molecule has 0 aromatic rings. The van der Waals surface area contributed by atoms with Gasteiger partial charge in [-0.2, -0.15) is 0 Å². The molecule has 0 aromatic carbocycles. The Bertz CT molecular complexity index is 363. The van der Waals surface area contributed by atoms with Crippen LogP contribution in [-0.4, -0.2) is 55.0 Å². The first-order valence-electron chi connectivity index (χ1n) is 7.64. The van der Waals surface area contributed by atoms with Gasteiger partial charge in [0.2, 0.25) is 0 Å². The van der Waals surface area contributed by atoms with Gasteiger partial charge in [-0.1, -0.05) is 12.2 Å². The summed E-state index contributed by atoms with van der Waals surface area (Å²) >= 11 is 0. The molecule has 1 fully saturated rings. The number of hydrogen-bond acceptors (Lipinski definition) is 4. The first kappa shape index (κ1) is 18.0. The van der Waals surface area contributed by atoms with Crippen molar-refractivity contribution in [1.82, 2.24) is 10.2 Å². The van der Waals surface area contributed by atoms with Gasteiger partial charge in [-0.05, 0) is 41.0 Å². The second-order valence-electron chi connectivity index (χ2n) is 6.88. The lowest BCUT2D eigenvalue weighted by molar-refractivity contribution is -0.0355. The van der Waals surface area contributed by atoms with Crippen molar-refractivity contribution in [3.8, 4) is 0 Å². The number of carbonyl (C=O) groups is 1. The molecule has 0 spiro atoms. The Kier molecular flexibility index (Phi) is 6.68. The fourth-order valence-electron chi connectivity index (χ4n) is 2.25. The maximum absolute atomic E-state index is 12.3.